The zero-order valence-electron chi connectivity index (χ0n) is 17.0. The highest BCUT2D eigenvalue weighted by Crippen LogP contribution is 2.40. The van der Waals surface area contributed by atoms with Gasteiger partial charge in [0.1, 0.15) is 0 Å². The minimum Gasteiger partial charge on any atom is -0.316 e. The molecule has 3 heteroatoms. The molecule has 24 heavy (non-hydrogen) atoms. The maximum atomic E-state index is 4.98. The molecule has 0 fully saturated rings. The molecule has 0 aromatic heterocycles. The molecule has 2 atom stereocenters. The molecule has 0 saturated carbocycles. The van der Waals surface area contributed by atoms with Crippen LogP contribution >= 0.6 is 20.8 Å². The van der Waals surface area contributed by atoms with E-state index in [1.54, 1.807) is 0 Å². The Morgan fingerprint density at radius 2 is 1.54 bits per heavy atom. The summed E-state index contributed by atoms with van der Waals surface area (Å²) < 4.78 is 0. The summed E-state index contributed by atoms with van der Waals surface area (Å²) in [6.45, 7) is 11.9. The maximum Gasteiger partial charge on any atom is 0.00166 e. The van der Waals surface area contributed by atoms with E-state index in [1.165, 1.54) is 83.7 Å². The molecule has 0 aromatic rings. The Morgan fingerprint density at radius 3 is 2.08 bits per heavy atom. The third kappa shape index (κ3) is 16.0. The van der Waals surface area contributed by atoms with Crippen LogP contribution in [0.3, 0.4) is 0 Å². The first-order valence-electron chi connectivity index (χ1n) is 10.5. The summed E-state index contributed by atoms with van der Waals surface area (Å²) in [6.07, 6.45) is 16.4. The highest BCUT2D eigenvalue weighted by Gasteiger charge is 2.21. The van der Waals surface area contributed by atoms with Crippen molar-refractivity contribution in [3.63, 3.8) is 0 Å². The topological polar surface area (TPSA) is 12.0 Å². The van der Waals surface area contributed by atoms with E-state index in [0.29, 0.717) is 5.16 Å². The third-order valence-corrected chi connectivity index (χ3v) is 7.11. The van der Waals surface area contributed by atoms with E-state index in [4.69, 9.17) is 12.2 Å². The number of nitrogens with one attached hydrogen (secondary N) is 1. The standard InChI is InChI=1S/C21H44NPS/c1-5-7-8-9-10-11-12-13-14-17-22-19-20(6-2)23-21(3,4)16-15-18-24/h18,20,22-23H,5-17,19H2,1-4H3. The van der Waals surface area contributed by atoms with Gasteiger partial charge < -0.3 is 5.32 Å². The van der Waals surface area contributed by atoms with Crippen molar-refractivity contribution >= 4 is 26.2 Å². The van der Waals surface area contributed by atoms with Gasteiger partial charge in [-0.2, -0.15) is 0 Å². The normalized spacial score (nSPS) is 13.7. The van der Waals surface area contributed by atoms with Crippen LogP contribution in [0.1, 0.15) is 105 Å². The van der Waals surface area contributed by atoms with Gasteiger partial charge in [0.2, 0.25) is 0 Å². The fourth-order valence-electron chi connectivity index (χ4n) is 3.18. The lowest BCUT2D eigenvalue weighted by Crippen LogP contribution is -2.28. The molecule has 0 rings (SSSR count). The molecule has 144 valence electrons. The Kier molecular flexibility index (Phi) is 17.3. The fourth-order valence-corrected chi connectivity index (χ4v) is 5.14. The molecule has 2 unspecified atom stereocenters. The fraction of sp³-hybridized carbons (Fsp3) is 0.952. The van der Waals surface area contributed by atoms with Gasteiger partial charge >= 0.3 is 0 Å². The lowest BCUT2D eigenvalue weighted by molar-refractivity contribution is 0.544. The average molecular weight is 374 g/mol. The second-order valence-corrected chi connectivity index (χ2v) is 10.7. The highest BCUT2D eigenvalue weighted by atomic mass is 32.1. The zero-order chi connectivity index (χ0) is 18.1. The second-order valence-electron chi connectivity index (χ2n) is 7.87. The van der Waals surface area contributed by atoms with Crippen LogP contribution in [-0.2, 0) is 0 Å². The van der Waals surface area contributed by atoms with Crippen LogP contribution in [0.4, 0.5) is 0 Å². The summed E-state index contributed by atoms with van der Waals surface area (Å²) >= 11 is 4.98. The van der Waals surface area contributed by atoms with E-state index >= 15 is 0 Å². The van der Waals surface area contributed by atoms with Gasteiger partial charge in [0, 0.05) is 6.54 Å². The van der Waals surface area contributed by atoms with Crippen molar-refractivity contribution in [3.8, 4) is 0 Å². The molecule has 1 nitrogen and oxygen atoms in total. The van der Waals surface area contributed by atoms with Crippen LogP contribution in [-0.4, -0.2) is 29.3 Å². The maximum absolute atomic E-state index is 4.98. The van der Waals surface area contributed by atoms with Crippen molar-refractivity contribution in [1.29, 1.82) is 0 Å². The van der Waals surface area contributed by atoms with E-state index in [9.17, 15) is 0 Å². The Morgan fingerprint density at radius 1 is 0.958 bits per heavy atom. The largest absolute Gasteiger partial charge is 0.316 e. The molecular weight excluding hydrogens is 329 g/mol. The van der Waals surface area contributed by atoms with Crippen molar-refractivity contribution in [2.45, 2.75) is 116 Å². The molecular formula is C21H44NPS. The van der Waals surface area contributed by atoms with Gasteiger partial charge in [0.15, 0.2) is 0 Å². The van der Waals surface area contributed by atoms with E-state index in [2.05, 4.69) is 33.0 Å². The van der Waals surface area contributed by atoms with Crippen molar-refractivity contribution in [1.82, 2.24) is 5.32 Å². The lowest BCUT2D eigenvalue weighted by atomic mass is 10.1. The van der Waals surface area contributed by atoms with Crippen LogP contribution in [0.5, 0.6) is 0 Å². The smallest absolute Gasteiger partial charge is 0.00166 e. The molecule has 0 saturated heterocycles. The number of unbranched alkanes of at least 4 members (excludes halogenated alkanes) is 8. The Labute approximate surface area is 160 Å². The molecule has 0 aliphatic carbocycles. The Hall–Kier alpha value is 0.480. The lowest BCUT2D eigenvalue weighted by Gasteiger charge is -2.29. The van der Waals surface area contributed by atoms with Gasteiger partial charge in [0.25, 0.3) is 0 Å². The summed E-state index contributed by atoms with van der Waals surface area (Å²) in [6, 6.07) is 0. The first kappa shape index (κ1) is 24.5. The second kappa shape index (κ2) is 16.9. The molecule has 0 radical (unpaired) electrons. The van der Waals surface area contributed by atoms with Gasteiger partial charge in [-0.3, -0.25) is 0 Å². The van der Waals surface area contributed by atoms with Crippen LogP contribution in [0.2, 0.25) is 0 Å². The molecule has 0 amide bonds. The van der Waals surface area contributed by atoms with Gasteiger partial charge in [0.05, 0.1) is 0 Å². The van der Waals surface area contributed by atoms with Crippen molar-refractivity contribution < 1.29 is 0 Å². The van der Waals surface area contributed by atoms with E-state index < -0.39 is 0 Å². The summed E-state index contributed by atoms with van der Waals surface area (Å²) in [5.74, 6) is 0. The monoisotopic (exact) mass is 373 g/mol. The Balaban J connectivity index is 3.54. The Bertz CT molecular complexity index is 281. The minimum atomic E-state index is 0.454. The number of hydrogen-bond donors (Lipinski definition) is 1. The van der Waals surface area contributed by atoms with Gasteiger partial charge in [-0.15, -0.1) is 8.58 Å². The molecule has 0 aliphatic rings. The summed E-state index contributed by atoms with van der Waals surface area (Å²) in [7, 11) is 1.04. The average Bonchev–Trinajstić information content (AvgIpc) is 2.56. The van der Waals surface area contributed by atoms with Crippen LogP contribution in [0.25, 0.3) is 0 Å². The molecule has 0 heterocycles. The van der Waals surface area contributed by atoms with Crippen molar-refractivity contribution in [3.05, 3.63) is 0 Å². The van der Waals surface area contributed by atoms with Crippen LogP contribution in [0.15, 0.2) is 0 Å². The predicted octanol–water partition coefficient (Wildman–Crippen LogP) is 7.12. The van der Waals surface area contributed by atoms with Crippen LogP contribution in [0, 0.1) is 0 Å². The summed E-state index contributed by atoms with van der Waals surface area (Å²) in [5, 5.41) is 6.06. The van der Waals surface area contributed by atoms with Crippen molar-refractivity contribution in [2.75, 3.05) is 13.1 Å². The van der Waals surface area contributed by atoms with E-state index in [0.717, 1.165) is 20.7 Å². The number of hydrogen-bond acceptors (Lipinski definition) is 2. The first-order valence-corrected chi connectivity index (χ1v) is 12.0. The highest BCUT2D eigenvalue weighted by molar-refractivity contribution is 7.78. The number of rotatable bonds is 18. The predicted molar refractivity (Wildman–Crippen MR) is 119 cm³/mol. The molecule has 0 aromatic carbocycles. The quantitative estimate of drug-likeness (QED) is 0.156. The van der Waals surface area contributed by atoms with E-state index in [-0.39, 0.29) is 0 Å². The van der Waals surface area contributed by atoms with E-state index in [1.807, 2.05) is 5.37 Å². The first-order chi connectivity index (χ1) is 11.6. The zero-order valence-corrected chi connectivity index (χ0v) is 18.8. The summed E-state index contributed by atoms with van der Waals surface area (Å²) in [4.78, 5) is 0. The summed E-state index contributed by atoms with van der Waals surface area (Å²) in [5.41, 5.74) is 0.837. The van der Waals surface area contributed by atoms with Gasteiger partial charge in [-0.05, 0) is 48.4 Å². The van der Waals surface area contributed by atoms with Gasteiger partial charge in [-0.1, -0.05) is 91.3 Å². The molecule has 0 aliphatic heterocycles. The minimum absolute atomic E-state index is 0.454. The third-order valence-electron chi connectivity index (χ3n) is 4.82. The molecule has 0 bridgehead atoms. The van der Waals surface area contributed by atoms with Crippen molar-refractivity contribution in [2.24, 2.45) is 0 Å². The van der Waals surface area contributed by atoms with Crippen LogP contribution < -0.4 is 5.32 Å². The molecule has 1 N–H and O–H groups in total. The number of thiocarbonyl (C=S) groups is 1. The van der Waals surface area contributed by atoms with Gasteiger partial charge in [-0.25, -0.2) is 0 Å². The SMILES string of the molecule is CCCCCCCCCCCNCC(CC)PC(C)(C)CCC=S. The molecule has 0 spiro atoms.